The Labute approximate surface area is 144 Å². The highest BCUT2D eigenvalue weighted by molar-refractivity contribution is 14.0. The molecule has 21 heavy (non-hydrogen) atoms. The lowest BCUT2D eigenvalue weighted by Gasteiger charge is -2.09. The number of halogens is 1. The lowest BCUT2D eigenvalue weighted by Crippen LogP contribution is -2.36. The van der Waals surface area contributed by atoms with Gasteiger partial charge in [-0.3, -0.25) is 4.99 Å². The fourth-order valence-electron chi connectivity index (χ4n) is 1.70. The van der Waals surface area contributed by atoms with Gasteiger partial charge in [0, 0.05) is 18.8 Å². The van der Waals surface area contributed by atoms with Gasteiger partial charge in [-0.15, -0.1) is 35.3 Å². The molecule has 7 nitrogen and oxygen atoms in total. The fourth-order valence-corrected chi connectivity index (χ4v) is 2.57. The molecule has 2 N–H and O–H groups in total. The smallest absolute Gasteiger partial charge is 0.223 e. The molecule has 0 radical (unpaired) electrons. The van der Waals surface area contributed by atoms with E-state index in [4.69, 9.17) is 4.52 Å². The first-order valence-electron chi connectivity index (χ1n) is 6.25. The molecule has 116 valence electrons. The van der Waals surface area contributed by atoms with Crippen LogP contribution in [-0.4, -0.2) is 28.1 Å². The lowest BCUT2D eigenvalue weighted by molar-refractivity contribution is 0.387. The van der Waals surface area contributed by atoms with E-state index in [1.807, 2.05) is 13.8 Å². The van der Waals surface area contributed by atoms with E-state index in [9.17, 15) is 0 Å². The van der Waals surface area contributed by atoms with Crippen LogP contribution in [0.4, 0.5) is 0 Å². The first-order chi connectivity index (χ1) is 9.58. The average molecular weight is 422 g/mol. The summed E-state index contributed by atoms with van der Waals surface area (Å²) in [5.41, 5.74) is 1.06. The zero-order chi connectivity index (χ0) is 14.5. The van der Waals surface area contributed by atoms with Crippen LogP contribution in [0.2, 0.25) is 0 Å². The molecule has 2 aromatic rings. The highest BCUT2D eigenvalue weighted by atomic mass is 127. The number of thiazole rings is 1. The van der Waals surface area contributed by atoms with Gasteiger partial charge in [0.25, 0.3) is 0 Å². The zero-order valence-electron chi connectivity index (χ0n) is 12.4. The Hall–Kier alpha value is -1.23. The Morgan fingerprint density at radius 1 is 1.19 bits per heavy atom. The fraction of sp³-hybridized carbons (Fsp3) is 0.500. The Bertz CT molecular complexity index is 609. The zero-order valence-corrected chi connectivity index (χ0v) is 15.6. The summed E-state index contributed by atoms with van der Waals surface area (Å²) in [5, 5.41) is 11.3. The number of hydrogen-bond acceptors (Lipinski definition) is 6. The molecule has 9 heteroatoms. The molecule has 0 aliphatic carbocycles. The molecule has 0 unspecified atom stereocenters. The van der Waals surface area contributed by atoms with E-state index in [2.05, 4.69) is 30.8 Å². The second kappa shape index (κ2) is 8.27. The third-order valence-corrected chi connectivity index (χ3v) is 3.70. The van der Waals surface area contributed by atoms with Crippen molar-refractivity contribution in [2.75, 3.05) is 7.05 Å². The summed E-state index contributed by atoms with van der Waals surface area (Å²) < 4.78 is 4.91. The Balaban J connectivity index is 0.00000220. The number of nitrogens with one attached hydrogen (secondary N) is 2. The number of guanidine groups is 1. The summed E-state index contributed by atoms with van der Waals surface area (Å²) in [4.78, 5) is 13.9. The van der Waals surface area contributed by atoms with Crippen LogP contribution in [0.3, 0.4) is 0 Å². The predicted octanol–water partition coefficient (Wildman–Crippen LogP) is 1.93. The van der Waals surface area contributed by atoms with Crippen molar-refractivity contribution in [1.82, 2.24) is 25.8 Å². The predicted molar refractivity (Wildman–Crippen MR) is 93.1 cm³/mol. The van der Waals surface area contributed by atoms with Crippen molar-refractivity contribution >= 4 is 41.3 Å². The van der Waals surface area contributed by atoms with E-state index < -0.39 is 0 Å². The summed E-state index contributed by atoms with van der Waals surface area (Å²) in [6.45, 7) is 6.95. The SMILES string of the molecule is CN=C(NCc1noc(C)n1)NCc1sc(C)nc1C.I. The highest BCUT2D eigenvalue weighted by Crippen LogP contribution is 2.16. The third kappa shape index (κ3) is 5.23. The summed E-state index contributed by atoms with van der Waals surface area (Å²) in [7, 11) is 1.72. The largest absolute Gasteiger partial charge is 0.351 e. The summed E-state index contributed by atoms with van der Waals surface area (Å²) >= 11 is 1.69. The maximum atomic E-state index is 4.91. The van der Waals surface area contributed by atoms with Crippen LogP contribution >= 0.6 is 35.3 Å². The van der Waals surface area contributed by atoms with Crippen LogP contribution < -0.4 is 10.6 Å². The van der Waals surface area contributed by atoms with Gasteiger partial charge >= 0.3 is 0 Å². The first-order valence-corrected chi connectivity index (χ1v) is 7.06. The second-order valence-electron chi connectivity index (χ2n) is 4.25. The van der Waals surface area contributed by atoms with Crippen molar-refractivity contribution in [1.29, 1.82) is 0 Å². The van der Waals surface area contributed by atoms with Crippen LogP contribution in [0.5, 0.6) is 0 Å². The minimum absolute atomic E-state index is 0. The van der Waals surface area contributed by atoms with Gasteiger partial charge in [-0.2, -0.15) is 4.98 Å². The number of nitrogens with zero attached hydrogens (tertiary/aromatic N) is 4. The number of hydrogen-bond donors (Lipinski definition) is 2. The third-order valence-electron chi connectivity index (χ3n) is 2.62. The molecule has 0 saturated heterocycles. The van der Waals surface area contributed by atoms with Crippen LogP contribution in [-0.2, 0) is 13.1 Å². The van der Waals surface area contributed by atoms with Crippen LogP contribution in [0.15, 0.2) is 9.52 Å². The quantitative estimate of drug-likeness (QED) is 0.445. The van der Waals surface area contributed by atoms with E-state index in [0.717, 1.165) is 10.7 Å². The molecule has 2 aromatic heterocycles. The highest BCUT2D eigenvalue weighted by Gasteiger charge is 2.07. The molecule has 0 fully saturated rings. The Morgan fingerprint density at radius 2 is 1.90 bits per heavy atom. The van der Waals surface area contributed by atoms with E-state index in [-0.39, 0.29) is 24.0 Å². The van der Waals surface area contributed by atoms with E-state index in [0.29, 0.717) is 30.8 Å². The summed E-state index contributed by atoms with van der Waals surface area (Å²) in [6, 6.07) is 0. The minimum Gasteiger partial charge on any atom is -0.351 e. The molecule has 0 amide bonds. The molecule has 0 aliphatic rings. The van der Waals surface area contributed by atoms with Gasteiger partial charge in [0.15, 0.2) is 11.8 Å². The normalized spacial score (nSPS) is 11.1. The molecule has 0 atom stereocenters. The van der Waals surface area contributed by atoms with Crippen molar-refractivity contribution in [3.8, 4) is 0 Å². The molecule has 0 saturated carbocycles. The monoisotopic (exact) mass is 422 g/mol. The van der Waals surface area contributed by atoms with E-state index >= 15 is 0 Å². The number of aliphatic imine (C=N–C) groups is 1. The van der Waals surface area contributed by atoms with Crippen LogP contribution in [0.1, 0.15) is 27.3 Å². The van der Waals surface area contributed by atoms with Gasteiger partial charge in [-0.25, -0.2) is 4.98 Å². The van der Waals surface area contributed by atoms with Gasteiger partial charge in [-0.05, 0) is 13.8 Å². The molecular formula is C12H19IN6OS. The maximum Gasteiger partial charge on any atom is 0.223 e. The maximum absolute atomic E-state index is 4.91. The minimum atomic E-state index is 0. The van der Waals surface area contributed by atoms with Crippen molar-refractivity contribution in [3.63, 3.8) is 0 Å². The second-order valence-corrected chi connectivity index (χ2v) is 5.54. The standard InChI is InChI=1S/C12H18N6OS.HI/c1-7-10(20-9(3)16-7)5-14-12(13-4)15-6-11-17-8(2)19-18-11;/h5-6H2,1-4H3,(H2,13,14,15);1H. The van der Waals surface area contributed by atoms with Gasteiger partial charge in [-0.1, -0.05) is 5.16 Å². The summed E-state index contributed by atoms with van der Waals surface area (Å²) in [5.74, 6) is 1.86. The molecule has 0 bridgehead atoms. The van der Waals surface area contributed by atoms with Gasteiger partial charge in [0.1, 0.15) is 0 Å². The first kappa shape index (κ1) is 17.8. The van der Waals surface area contributed by atoms with Crippen molar-refractivity contribution < 1.29 is 4.52 Å². The van der Waals surface area contributed by atoms with Gasteiger partial charge in [0.05, 0.1) is 23.8 Å². The van der Waals surface area contributed by atoms with Crippen LogP contribution in [0.25, 0.3) is 0 Å². The Kier molecular flexibility index (Phi) is 7.02. The number of aromatic nitrogens is 3. The molecule has 2 rings (SSSR count). The van der Waals surface area contributed by atoms with E-state index in [1.54, 1.807) is 25.3 Å². The Morgan fingerprint density at radius 3 is 2.43 bits per heavy atom. The van der Waals surface area contributed by atoms with Crippen molar-refractivity contribution in [2.45, 2.75) is 33.9 Å². The molecule has 2 heterocycles. The molecular weight excluding hydrogens is 403 g/mol. The van der Waals surface area contributed by atoms with Gasteiger partial charge in [0.2, 0.25) is 5.89 Å². The van der Waals surface area contributed by atoms with Crippen molar-refractivity contribution in [2.24, 2.45) is 4.99 Å². The van der Waals surface area contributed by atoms with Gasteiger partial charge < -0.3 is 15.2 Å². The molecule has 0 aliphatic heterocycles. The lowest BCUT2D eigenvalue weighted by atomic mass is 10.4. The van der Waals surface area contributed by atoms with E-state index in [1.165, 1.54) is 4.88 Å². The average Bonchev–Trinajstić information content (AvgIpc) is 2.96. The topological polar surface area (TPSA) is 88.2 Å². The van der Waals surface area contributed by atoms with Crippen LogP contribution in [0, 0.1) is 20.8 Å². The molecule has 0 aromatic carbocycles. The van der Waals surface area contributed by atoms with Crippen molar-refractivity contribution in [3.05, 3.63) is 27.3 Å². The number of aryl methyl sites for hydroxylation is 3. The molecule has 0 spiro atoms. The number of rotatable bonds is 4. The summed E-state index contributed by atoms with van der Waals surface area (Å²) in [6.07, 6.45) is 0.